The number of amides is 2. The van der Waals surface area contributed by atoms with E-state index in [0.717, 1.165) is 5.57 Å². The van der Waals surface area contributed by atoms with Crippen LogP contribution in [0.5, 0.6) is 0 Å². The number of nitrogens with one attached hydrogen (secondary N) is 2. The second-order valence-corrected chi connectivity index (χ2v) is 8.69. The van der Waals surface area contributed by atoms with Gasteiger partial charge < -0.3 is 25.2 Å². The number of hydrogen-bond acceptors (Lipinski definition) is 6. The fraction of sp³-hybridized carbons (Fsp3) is 0.750. The number of aliphatic hydroxyl groups is 1. The highest BCUT2D eigenvalue weighted by molar-refractivity contribution is 5.90. The van der Waals surface area contributed by atoms with Crippen molar-refractivity contribution in [1.29, 1.82) is 0 Å². The van der Waals surface area contributed by atoms with Crippen LogP contribution < -0.4 is 10.6 Å². The number of esters is 1. The van der Waals surface area contributed by atoms with Crippen LogP contribution in [0.25, 0.3) is 0 Å². The van der Waals surface area contributed by atoms with Crippen LogP contribution >= 0.6 is 0 Å². The molecule has 0 aromatic heterocycles. The molecule has 0 aliphatic carbocycles. The fourth-order valence-electron chi connectivity index (χ4n) is 2.39. The van der Waals surface area contributed by atoms with E-state index in [1.807, 2.05) is 13.8 Å². The molecule has 28 heavy (non-hydrogen) atoms. The molecule has 0 radical (unpaired) electrons. The molecule has 2 amide bonds. The number of ether oxygens (including phenoxy) is 2. The molecule has 0 aliphatic rings. The van der Waals surface area contributed by atoms with Crippen molar-refractivity contribution < 1.29 is 29.0 Å². The van der Waals surface area contributed by atoms with Crippen LogP contribution in [0.15, 0.2) is 11.6 Å². The van der Waals surface area contributed by atoms with E-state index in [1.165, 1.54) is 14.0 Å². The zero-order chi connectivity index (χ0) is 22.3. The SMILES string of the molecule is COC(=O)[C@H](CC(C)C)NC(=O)[C@](C)(O)[C@H](C=C(C)C)NC(=O)OC(C)(C)C. The van der Waals surface area contributed by atoms with Crippen LogP contribution in [0, 0.1) is 5.92 Å². The Morgan fingerprint density at radius 2 is 1.61 bits per heavy atom. The molecule has 0 unspecified atom stereocenters. The van der Waals surface area contributed by atoms with E-state index < -0.39 is 41.3 Å². The number of allylic oxidation sites excluding steroid dienone is 1. The van der Waals surface area contributed by atoms with Crippen molar-refractivity contribution in [3.8, 4) is 0 Å². The second kappa shape index (κ2) is 10.5. The third-order valence-electron chi connectivity index (χ3n) is 3.74. The van der Waals surface area contributed by atoms with Crippen LogP contribution in [0.3, 0.4) is 0 Å². The summed E-state index contributed by atoms with van der Waals surface area (Å²) in [7, 11) is 1.23. The lowest BCUT2D eigenvalue weighted by Gasteiger charge is -2.33. The third-order valence-corrected chi connectivity index (χ3v) is 3.74. The van der Waals surface area contributed by atoms with Gasteiger partial charge in [-0.05, 0) is 53.9 Å². The van der Waals surface area contributed by atoms with Crippen LogP contribution in [-0.4, -0.2) is 53.5 Å². The molecular formula is C20H36N2O6. The maximum absolute atomic E-state index is 12.8. The van der Waals surface area contributed by atoms with Crippen LogP contribution in [0.4, 0.5) is 4.79 Å². The van der Waals surface area contributed by atoms with Crippen LogP contribution in [0.2, 0.25) is 0 Å². The van der Waals surface area contributed by atoms with Gasteiger partial charge in [0, 0.05) is 0 Å². The number of carbonyl (C=O) groups is 3. The summed E-state index contributed by atoms with van der Waals surface area (Å²) in [4.78, 5) is 36.9. The van der Waals surface area contributed by atoms with Crippen LogP contribution in [0.1, 0.15) is 61.8 Å². The van der Waals surface area contributed by atoms with Gasteiger partial charge in [-0.15, -0.1) is 0 Å². The van der Waals surface area contributed by atoms with Crippen molar-refractivity contribution in [2.24, 2.45) is 5.92 Å². The molecule has 0 rings (SSSR count). The molecule has 0 aromatic rings. The molecule has 0 saturated carbocycles. The van der Waals surface area contributed by atoms with Crippen molar-refractivity contribution >= 4 is 18.0 Å². The van der Waals surface area contributed by atoms with Gasteiger partial charge in [0.05, 0.1) is 13.2 Å². The van der Waals surface area contributed by atoms with Crippen molar-refractivity contribution in [1.82, 2.24) is 10.6 Å². The molecular weight excluding hydrogens is 364 g/mol. The van der Waals surface area contributed by atoms with E-state index in [0.29, 0.717) is 6.42 Å². The van der Waals surface area contributed by atoms with Crippen molar-refractivity contribution in [2.75, 3.05) is 7.11 Å². The van der Waals surface area contributed by atoms with E-state index in [-0.39, 0.29) is 5.92 Å². The molecule has 0 fully saturated rings. The summed E-state index contributed by atoms with van der Waals surface area (Å²) >= 11 is 0. The van der Waals surface area contributed by atoms with Gasteiger partial charge in [0.25, 0.3) is 5.91 Å². The molecule has 0 heterocycles. The first-order chi connectivity index (χ1) is 12.6. The lowest BCUT2D eigenvalue weighted by Crippen LogP contribution is -2.61. The Morgan fingerprint density at radius 3 is 2.00 bits per heavy atom. The van der Waals surface area contributed by atoms with Gasteiger partial charge in [0.2, 0.25) is 0 Å². The molecule has 0 aliphatic heterocycles. The predicted molar refractivity (Wildman–Crippen MR) is 107 cm³/mol. The Hall–Kier alpha value is -2.09. The normalized spacial score (nSPS) is 15.7. The first-order valence-electron chi connectivity index (χ1n) is 9.35. The molecule has 3 atom stereocenters. The quantitative estimate of drug-likeness (QED) is 0.425. The van der Waals surface area contributed by atoms with E-state index in [1.54, 1.807) is 40.7 Å². The molecule has 8 nitrogen and oxygen atoms in total. The maximum atomic E-state index is 12.8. The number of methoxy groups -OCH3 is 1. The molecule has 0 bridgehead atoms. The van der Waals surface area contributed by atoms with Crippen molar-refractivity contribution in [3.63, 3.8) is 0 Å². The smallest absolute Gasteiger partial charge is 0.408 e. The zero-order valence-electron chi connectivity index (χ0n) is 18.5. The Labute approximate surface area is 168 Å². The maximum Gasteiger partial charge on any atom is 0.408 e. The summed E-state index contributed by atoms with van der Waals surface area (Å²) < 4.78 is 9.95. The first-order valence-corrected chi connectivity index (χ1v) is 9.35. The lowest BCUT2D eigenvalue weighted by atomic mass is 9.92. The largest absolute Gasteiger partial charge is 0.467 e. The van der Waals surface area contributed by atoms with E-state index >= 15 is 0 Å². The van der Waals surface area contributed by atoms with E-state index in [2.05, 4.69) is 10.6 Å². The molecule has 0 saturated heterocycles. The molecule has 0 aromatic carbocycles. The lowest BCUT2D eigenvalue weighted by molar-refractivity contribution is -0.149. The first kappa shape index (κ1) is 25.9. The number of hydrogen-bond donors (Lipinski definition) is 3. The van der Waals surface area contributed by atoms with E-state index in [9.17, 15) is 19.5 Å². The number of carbonyl (C=O) groups excluding carboxylic acids is 3. The second-order valence-electron chi connectivity index (χ2n) is 8.69. The van der Waals surface area contributed by atoms with Gasteiger partial charge in [-0.25, -0.2) is 9.59 Å². The predicted octanol–water partition coefficient (Wildman–Crippen LogP) is 2.30. The highest BCUT2D eigenvalue weighted by Crippen LogP contribution is 2.17. The van der Waals surface area contributed by atoms with Gasteiger partial charge >= 0.3 is 12.1 Å². The number of rotatable bonds is 8. The Kier molecular flexibility index (Phi) is 9.67. The fourth-order valence-corrected chi connectivity index (χ4v) is 2.39. The topological polar surface area (TPSA) is 114 Å². The average molecular weight is 401 g/mol. The Morgan fingerprint density at radius 1 is 1.07 bits per heavy atom. The number of alkyl carbamates (subject to hydrolysis) is 1. The summed E-state index contributed by atoms with van der Waals surface area (Å²) in [6.07, 6.45) is 1.13. The third kappa shape index (κ3) is 9.21. The average Bonchev–Trinajstić information content (AvgIpc) is 2.49. The minimum Gasteiger partial charge on any atom is -0.467 e. The van der Waals surface area contributed by atoms with Gasteiger partial charge in [-0.3, -0.25) is 4.79 Å². The molecule has 0 spiro atoms. The highest BCUT2D eigenvalue weighted by atomic mass is 16.6. The minimum atomic E-state index is -2.03. The summed E-state index contributed by atoms with van der Waals surface area (Å²) in [5, 5.41) is 15.9. The van der Waals surface area contributed by atoms with Gasteiger partial charge in [0.15, 0.2) is 5.60 Å². The van der Waals surface area contributed by atoms with Gasteiger partial charge in [0.1, 0.15) is 11.6 Å². The van der Waals surface area contributed by atoms with Gasteiger partial charge in [-0.1, -0.05) is 25.5 Å². The van der Waals surface area contributed by atoms with Crippen molar-refractivity contribution in [3.05, 3.63) is 11.6 Å². The molecule has 3 N–H and O–H groups in total. The Bertz CT molecular complexity index is 586. The summed E-state index contributed by atoms with van der Waals surface area (Å²) in [5.41, 5.74) is -1.99. The van der Waals surface area contributed by atoms with Crippen LogP contribution in [-0.2, 0) is 19.1 Å². The van der Waals surface area contributed by atoms with Crippen molar-refractivity contribution in [2.45, 2.75) is 85.1 Å². The molecule has 8 heteroatoms. The highest BCUT2D eigenvalue weighted by Gasteiger charge is 2.41. The Balaban J connectivity index is 5.55. The monoisotopic (exact) mass is 400 g/mol. The standard InChI is InChI=1S/C20H36N2O6/c1-12(2)10-14(16(23)27-9)21-17(24)20(8,26)15(11-13(3)4)22-18(25)28-19(5,6)7/h11-12,14-15,26H,10H2,1-9H3,(H,21,24)(H,22,25)/t14-,15-,20+/m0/s1. The van der Waals surface area contributed by atoms with Gasteiger partial charge in [-0.2, -0.15) is 0 Å². The zero-order valence-corrected chi connectivity index (χ0v) is 18.5. The summed E-state index contributed by atoms with van der Waals surface area (Å²) in [6.45, 7) is 13.7. The summed E-state index contributed by atoms with van der Waals surface area (Å²) in [5.74, 6) is -1.29. The minimum absolute atomic E-state index is 0.114. The summed E-state index contributed by atoms with van der Waals surface area (Å²) in [6, 6.07) is -1.97. The van der Waals surface area contributed by atoms with E-state index in [4.69, 9.17) is 9.47 Å². The molecule has 162 valence electrons.